The molecular formula is C16H16N6O3S. The first kappa shape index (κ1) is 17.7. The number of rotatable bonds is 5. The van der Waals surface area contributed by atoms with Crippen LogP contribution in [0.3, 0.4) is 0 Å². The molecule has 3 rings (SSSR count). The van der Waals surface area contributed by atoms with E-state index in [9.17, 15) is 9.59 Å². The van der Waals surface area contributed by atoms with E-state index in [1.54, 1.807) is 26.0 Å². The molecule has 1 aromatic carbocycles. The molecular weight excluding hydrogens is 356 g/mol. The number of tetrazole rings is 1. The van der Waals surface area contributed by atoms with Crippen molar-refractivity contribution in [2.45, 2.75) is 20.8 Å². The number of aromatic nitrogens is 5. The number of thiazole rings is 1. The van der Waals surface area contributed by atoms with Crippen molar-refractivity contribution in [1.29, 1.82) is 0 Å². The van der Waals surface area contributed by atoms with Crippen molar-refractivity contribution in [3.63, 3.8) is 0 Å². The summed E-state index contributed by atoms with van der Waals surface area (Å²) in [6.07, 6.45) is 1.46. The van der Waals surface area contributed by atoms with Gasteiger partial charge in [0.1, 0.15) is 11.2 Å². The average Bonchev–Trinajstić information content (AvgIpc) is 3.25. The Hall–Kier alpha value is -3.14. The number of hydrogen-bond acceptors (Lipinski definition) is 8. The van der Waals surface area contributed by atoms with Crippen LogP contribution in [-0.4, -0.2) is 43.7 Å². The van der Waals surface area contributed by atoms with Crippen LogP contribution in [0.2, 0.25) is 0 Å². The summed E-state index contributed by atoms with van der Waals surface area (Å²) in [7, 11) is 0. The summed E-state index contributed by atoms with van der Waals surface area (Å²) in [6, 6.07) is 5.20. The Labute approximate surface area is 153 Å². The van der Waals surface area contributed by atoms with E-state index >= 15 is 0 Å². The van der Waals surface area contributed by atoms with Gasteiger partial charge in [0.2, 0.25) is 0 Å². The Bertz CT molecular complexity index is 951. The molecule has 0 unspecified atom stereocenters. The molecule has 0 atom stereocenters. The second-order valence-corrected chi connectivity index (χ2v) is 6.36. The van der Waals surface area contributed by atoms with Gasteiger partial charge in [0, 0.05) is 5.56 Å². The van der Waals surface area contributed by atoms with E-state index in [0.29, 0.717) is 27.0 Å². The minimum absolute atomic E-state index is 0.279. The van der Waals surface area contributed by atoms with Gasteiger partial charge in [-0.2, -0.15) is 0 Å². The van der Waals surface area contributed by atoms with Crippen LogP contribution < -0.4 is 5.32 Å². The highest BCUT2D eigenvalue weighted by Crippen LogP contribution is 2.24. The number of benzene rings is 1. The first-order chi connectivity index (χ1) is 12.5. The van der Waals surface area contributed by atoms with Crippen LogP contribution in [0.1, 0.15) is 38.2 Å². The lowest BCUT2D eigenvalue weighted by molar-refractivity contribution is 0.0531. The van der Waals surface area contributed by atoms with Crippen molar-refractivity contribution >= 4 is 28.3 Å². The summed E-state index contributed by atoms with van der Waals surface area (Å²) in [5.74, 6) is -0.789. The fourth-order valence-corrected chi connectivity index (χ4v) is 3.13. The molecule has 134 valence electrons. The van der Waals surface area contributed by atoms with Gasteiger partial charge in [-0.1, -0.05) is 17.4 Å². The number of amides is 1. The molecule has 1 N–H and O–H groups in total. The smallest absolute Gasteiger partial charge is 0.350 e. The molecule has 3 aromatic rings. The van der Waals surface area contributed by atoms with Gasteiger partial charge in [-0.3, -0.25) is 10.1 Å². The topological polar surface area (TPSA) is 112 Å². The number of anilines is 1. The van der Waals surface area contributed by atoms with Crippen molar-refractivity contribution in [2.75, 3.05) is 11.9 Å². The van der Waals surface area contributed by atoms with E-state index < -0.39 is 5.97 Å². The number of carbonyl (C=O) groups is 2. The molecule has 0 aliphatic carbocycles. The zero-order valence-electron chi connectivity index (χ0n) is 14.4. The normalized spacial score (nSPS) is 10.6. The second-order valence-electron chi connectivity index (χ2n) is 5.36. The molecule has 2 aromatic heterocycles. The maximum atomic E-state index is 12.5. The number of carbonyl (C=O) groups excluding carboxylic acids is 2. The molecule has 9 nitrogen and oxygen atoms in total. The number of ether oxygens (including phenoxy) is 1. The largest absolute Gasteiger partial charge is 0.462 e. The minimum atomic E-state index is -0.445. The Balaban J connectivity index is 1.82. The number of nitrogens with zero attached hydrogens (tertiary/aromatic N) is 5. The molecule has 0 fully saturated rings. The van der Waals surface area contributed by atoms with Crippen LogP contribution >= 0.6 is 11.3 Å². The second kappa shape index (κ2) is 7.40. The van der Waals surface area contributed by atoms with Crippen LogP contribution in [0.5, 0.6) is 0 Å². The van der Waals surface area contributed by atoms with Crippen molar-refractivity contribution < 1.29 is 14.3 Å². The molecule has 0 aliphatic heterocycles. The zero-order chi connectivity index (χ0) is 18.7. The monoisotopic (exact) mass is 372 g/mol. The van der Waals surface area contributed by atoms with Gasteiger partial charge in [0.15, 0.2) is 5.13 Å². The lowest BCUT2D eigenvalue weighted by Crippen LogP contribution is -2.12. The molecule has 10 heteroatoms. The van der Waals surface area contributed by atoms with Crippen molar-refractivity contribution in [3.8, 4) is 5.69 Å². The van der Waals surface area contributed by atoms with Gasteiger partial charge in [-0.15, -0.1) is 5.10 Å². The fraction of sp³-hybridized carbons (Fsp3) is 0.250. The van der Waals surface area contributed by atoms with Gasteiger partial charge in [-0.25, -0.2) is 14.5 Å². The SMILES string of the molecule is CCOC(=O)c1sc(NC(=O)c2ccc(C)c(-n3cnnn3)c2)nc1C. The number of nitrogens with one attached hydrogen (secondary N) is 1. The minimum Gasteiger partial charge on any atom is -0.462 e. The summed E-state index contributed by atoms with van der Waals surface area (Å²) in [5, 5.41) is 14.1. The Kier molecular flexibility index (Phi) is 5.03. The van der Waals surface area contributed by atoms with E-state index in [0.717, 1.165) is 16.9 Å². The first-order valence-corrected chi connectivity index (χ1v) is 8.61. The lowest BCUT2D eigenvalue weighted by atomic mass is 10.1. The summed E-state index contributed by atoms with van der Waals surface area (Å²) < 4.78 is 6.46. The summed E-state index contributed by atoms with van der Waals surface area (Å²) >= 11 is 1.08. The van der Waals surface area contributed by atoms with E-state index in [1.807, 2.05) is 13.0 Å². The van der Waals surface area contributed by atoms with Crippen molar-refractivity contribution in [1.82, 2.24) is 25.2 Å². The molecule has 1 amide bonds. The van der Waals surface area contributed by atoms with Gasteiger partial charge in [-0.05, 0) is 48.9 Å². The predicted molar refractivity (Wildman–Crippen MR) is 94.7 cm³/mol. The van der Waals surface area contributed by atoms with Gasteiger partial charge in [0.25, 0.3) is 5.91 Å². The van der Waals surface area contributed by atoms with Crippen LogP contribution in [0.25, 0.3) is 5.69 Å². The van der Waals surface area contributed by atoms with E-state index in [1.165, 1.54) is 11.0 Å². The third-order valence-electron chi connectivity index (χ3n) is 3.55. The lowest BCUT2D eigenvalue weighted by Gasteiger charge is -2.07. The first-order valence-electron chi connectivity index (χ1n) is 7.79. The summed E-state index contributed by atoms with van der Waals surface area (Å²) in [6.45, 7) is 5.60. The molecule has 0 spiro atoms. The van der Waals surface area contributed by atoms with E-state index in [2.05, 4.69) is 25.8 Å². The zero-order valence-corrected chi connectivity index (χ0v) is 15.2. The van der Waals surface area contributed by atoms with Crippen molar-refractivity contribution in [3.05, 3.63) is 46.2 Å². The number of aryl methyl sites for hydroxylation is 2. The Morgan fingerprint density at radius 1 is 1.31 bits per heavy atom. The molecule has 2 heterocycles. The maximum Gasteiger partial charge on any atom is 0.350 e. The average molecular weight is 372 g/mol. The van der Waals surface area contributed by atoms with Gasteiger partial charge < -0.3 is 4.74 Å². The summed E-state index contributed by atoms with van der Waals surface area (Å²) in [5.41, 5.74) is 2.56. The molecule has 0 saturated carbocycles. The predicted octanol–water partition coefficient (Wildman–Crippen LogP) is 2.16. The molecule has 0 bridgehead atoms. The van der Waals surface area contributed by atoms with Crippen molar-refractivity contribution in [2.24, 2.45) is 0 Å². The Morgan fingerprint density at radius 3 is 2.81 bits per heavy atom. The number of esters is 1. The number of hydrogen-bond donors (Lipinski definition) is 1. The third kappa shape index (κ3) is 3.59. The highest BCUT2D eigenvalue weighted by molar-refractivity contribution is 7.17. The molecule has 0 aliphatic rings. The van der Waals surface area contributed by atoms with Crippen LogP contribution in [0, 0.1) is 13.8 Å². The van der Waals surface area contributed by atoms with Crippen LogP contribution in [0.15, 0.2) is 24.5 Å². The van der Waals surface area contributed by atoms with E-state index in [-0.39, 0.29) is 12.5 Å². The molecule has 0 saturated heterocycles. The van der Waals surface area contributed by atoms with Gasteiger partial charge >= 0.3 is 5.97 Å². The highest BCUT2D eigenvalue weighted by atomic mass is 32.1. The summed E-state index contributed by atoms with van der Waals surface area (Å²) in [4.78, 5) is 29.0. The highest BCUT2D eigenvalue weighted by Gasteiger charge is 2.18. The maximum absolute atomic E-state index is 12.5. The Morgan fingerprint density at radius 2 is 2.12 bits per heavy atom. The third-order valence-corrected chi connectivity index (χ3v) is 4.60. The molecule has 0 radical (unpaired) electrons. The van der Waals surface area contributed by atoms with Gasteiger partial charge in [0.05, 0.1) is 18.0 Å². The molecule has 26 heavy (non-hydrogen) atoms. The quantitative estimate of drug-likeness (QED) is 0.683. The fourth-order valence-electron chi connectivity index (χ4n) is 2.27. The van der Waals surface area contributed by atoms with E-state index in [4.69, 9.17) is 4.74 Å². The van der Waals surface area contributed by atoms with Crippen LogP contribution in [-0.2, 0) is 4.74 Å². The van der Waals surface area contributed by atoms with Crippen LogP contribution in [0.4, 0.5) is 5.13 Å². The standard InChI is InChI=1S/C16H16N6O3S/c1-4-25-15(24)13-10(3)18-16(26-13)19-14(23)11-6-5-9(2)12(7-11)22-8-17-20-21-22/h5-8H,4H2,1-3H3,(H,18,19,23).